The molecular formula is C27H40O. The van der Waals surface area contributed by atoms with Crippen LogP contribution in [-0.4, -0.2) is 6.61 Å². The van der Waals surface area contributed by atoms with E-state index in [4.69, 9.17) is 4.74 Å². The van der Waals surface area contributed by atoms with Crippen LogP contribution in [0, 0.1) is 17.8 Å². The lowest BCUT2D eigenvalue weighted by atomic mass is 9.74. The zero-order chi connectivity index (χ0) is 19.6. The van der Waals surface area contributed by atoms with Crippen molar-refractivity contribution in [2.75, 3.05) is 6.61 Å². The van der Waals surface area contributed by atoms with Gasteiger partial charge in [0.15, 0.2) is 0 Å². The maximum absolute atomic E-state index is 5.66. The molecule has 1 nitrogen and oxygen atoms in total. The first-order chi connectivity index (χ1) is 13.8. The summed E-state index contributed by atoms with van der Waals surface area (Å²) in [4.78, 5) is 0. The van der Waals surface area contributed by atoms with Gasteiger partial charge < -0.3 is 4.74 Å². The second-order valence-corrected chi connectivity index (χ2v) is 9.14. The van der Waals surface area contributed by atoms with Crippen molar-refractivity contribution in [1.82, 2.24) is 0 Å². The Morgan fingerprint density at radius 2 is 1.50 bits per heavy atom. The summed E-state index contributed by atoms with van der Waals surface area (Å²) in [7, 11) is 0. The highest BCUT2D eigenvalue weighted by molar-refractivity contribution is 5.25. The van der Waals surface area contributed by atoms with Crippen molar-refractivity contribution in [3.8, 4) is 0 Å². The van der Waals surface area contributed by atoms with Crippen LogP contribution in [0.1, 0.15) is 88.2 Å². The minimum Gasteiger partial charge on any atom is -0.373 e. The minimum absolute atomic E-state index is 0.706. The predicted octanol–water partition coefficient (Wildman–Crippen LogP) is 7.83. The fourth-order valence-electron chi connectivity index (χ4n) is 5.20. The lowest BCUT2D eigenvalue weighted by Crippen LogP contribution is -2.17. The molecule has 0 N–H and O–H groups in total. The predicted molar refractivity (Wildman–Crippen MR) is 120 cm³/mol. The van der Waals surface area contributed by atoms with Crippen molar-refractivity contribution in [2.45, 2.75) is 83.7 Å². The summed E-state index contributed by atoms with van der Waals surface area (Å²) in [5.41, 5.74) is 2.83. The van der Waals surface area contributed by atoms with Gasteiger partial charge in [0, 0.05) is 0 Å². The normalized spacial score (nSPS) is 28.5. The molecule has 28 heavy (non-hydrogen) atoms. The molecule has 0 unspecified atom stereocenters. The van der Waals surface area contributed by atoms with Crippen LogP contribution < -0.4 is 0 Å². The Morgan fingerprint density at radius 3 is 2.07 bits per heavy atom. The molecule has 0 atom stereocenters. The standard InChI is InChI=1S/C27H40O/c1-3-5-20-28-21-25-14-18-27(19-15-25)26-16-12-24(13-17-26)11-10-23-8-6-22(4-2)7-9-23/h3-5,14-15,18-19,22-24,26H,2,6-13,16-17,20-21H2,1H3/t22-,23-,24-,26-. The fourth-order valence-corrected chi connectivity index (χ4v) is 5.20. The average Bonchev–Trinajstić information content (AvgIpc) is 2.76. The highest BCUT2D eigenvalue weighted by atomic mass is 16.5. The quantitative estimate of drug-likeness (QED) is 0.313. The van der Waals surface area contributed by atoms with Gasteiger partial charge in [-0.25, -0.2) is 0 Å². The molecule has 0 heterocycles. The minimum atomic E-state index is 0.706. The Balaban J connectivity index is 1.35. The van der Waals surface area contributed by atoms with Crippen LogP contribution in [0.3, 0.4) is 0 Å². The SMILES string of the molecule is C=C[C@H]1CC[C@H](CC[C@H]2CC[C@H](c3ccc(COCC=CC)cc3)CC2)CC1. The van der Waals surface area contributed by atoms with E-state index in [1.54, 1.807) is 5.56 Å². The molecule has 0 aromatic heterocycles. The van der Waals surface area contributed by atoms with Gasteiger partial charge in [0.2, 0.25) is 0 Å². The largest absolute Gasteiger partial charge is 0.373 e. The van der Waals surface area contributed by atoms with Crippen LogP contribution in [0.4, 0.5) is 0 Å². The summed E-state index contributed by atoms with van der Waals surface area (Å²) >= 11 is 0. The molecule has 2 saturated carbocycles. The molecule has 1 heteroatoms. The van der Waals surface area contributed by atoms with Gasteiger partial charge >= 0.3 is 0 Å². The first-order valence-electron chi connectivity index (χ1n) is 11.7. The molecular weight excluding hydrogens is 340 g/mol. The van der Waals surface area contributed by atoms with E-state index in [0.29, 0.717) is 13.2 Å². The van der Waals surface area contributed by atoms with Crippen LogP contribution in [0.15, 0.2) is 49.1 Å². The van der Waals surface area contributed by atoms with Crippen molar-refractivity contribution in [3.05, 3.63) is 60.2 Å². The van der Waals surface area contributed by atoms with E-state index in [9.17, 15) is 0 Å². The van der Waals surface area contributed by atoms with Gasteiger partial charge in [-0.3, -0.25) is 0 Å². The number of hydrogen-bond acceptors (Lipinski definition) is 1. The maximum Gasteiger partial charge on any atom is 0.0721 e. The monoisotopic (exact) mass is 380 g/mol. The van der Waals surface area contributed by atoms with Gasteiger partial charge in [-0.15, -0.1) is 6.58 Å². The van der Waals surface area contributed by atoms with Gasteiger partial charge in [0.1, 0.15) is 0 Å². The van der Waals surface area contributed by atoms with Gasteiger partial charge in [0.05, 0.1) is 13.2 Å². The van der Waals surface area contributed by atoms with E-state index in [2.05, 4.69) is 43.0 Å². The van der Waals surface area contributed by atoms with Crippen molar-refractivity contribution in [2.24, 2.45) is 17.8 Å². The summed E-state index contributed by atoms with van der Waals surface area (Å²) in [6.45, 7) is 7.43. The van der Waals surface area contributed by atoms with Gasteiger partial charge in [-0.1, -0.05) is 55.3 Å². The smallest absolute Gasteiger partial charge is 0.0721 e. The van der Waals surface area contributed by atoms with E-state index in [1.807, 2.05) is 13.0 Å². The summed E-state index contributed by atoms with van der Waals surface area (Å²) in [5.74, 6) is 3.55. The maximum atomic E-state index is 5.66. The highest BCUT2D eigenvalue weighted by Gasteiger charge is 2.24. The molecule has 1 aromatic rings. The van der Waals surface area contributed by atoms with Crippen molar-refractivity contribution in [3.63, 3.8) is 0 Å². The number of ether oxygens (including phenoxy) is 1. The third kappa shape index (κ3) is 6.62. The molecule has 154 valence electrons. The van der Waals surface area contributed by atoms with E-state index >= 15 is 0 Å². The second-order valence-electron chi connectivity index (χ2n) is 9.14. The Kier molecular flexibility index (Phi) is 8.86. The third-order valence-electron chi connectivity index (χ3n) is 7.22. The summed E-state index contributed by atoms with van der Waals surface area (Å²) in [6.07, 6.45) is 20.5. The van der Waals surface area contributed by atoms with E-state index < -0.39 is 0 Å². The van der Waals surface area contributed by atoms with E-state index in [-0.39, 0.29) is 0 Å². The van der Waals surface area contributed by atoms with Crippen LogP contribution in [0.2, 0.25) is 0 Å². The highest BCUT2D eigenvalue weighted by Crippen LogP contribution is 2.39. The lowest BCUT2D eigenvalue weighted by Gasteiger charge is -2.31. The Labute approximate surface area is 173 Å². The lowest BCUT2D eigenvalue weighted by molar-refractivity contribution is 0.148. The second kappa shape index (κ2) is 11.6. The molecule has 0 radical (unpaired) electrons. The molecule has 2 fully saturated rings. The van der Waals surface area contributed by atoms with Crippen LogP contribution in [0.5, 0.6) is 0 Å². The molecule has 3 rings (SSSR count). The third-order valence-corrected chi connectivity index (χ3v) is 7.22. The average molecular weight is 381 g/mol. The zero-order valence-electron chi connectivity index (χ0n) is 18.0. The molecule has 1 aromatic carbocycles. The first kappa shape index (κ1) is 21.4. The Hall–Kier alpha value is -1.34. The molecule has 0 spiro atoms. The molecule has 2 aliphatic carbocycles. The molecule has 2 aliphatic rings. The topological polar surface area (TPSA) is 9.23 Å². The Morgan fingerprint density at radius 1 is 0.893 bits per heavy atom. The van der Waals surface area contributed by atoms with Crippen LogP contribution in [0.25, 0.3) is 0 Å². The molecule has 0 bridgehead atoms. The van der Waals surface area contributed by atoms with Crippen molar-refractivity contribution >= 4 is 0 Å². The van der Waals surface area contributed by atoms with Gasteiger partial charge in [-0.2, -0.15) is 0 Å². The summed E-state index contributed by atoms with van der Waals surface area (Å²) in [5, 5.41) is 0. The number of rotatable bonds is 9. The first-order valence-corrected chi connectivity index (χ1v) is 11.7. The molecule has 0 amide bonds. The number of hydrogen-bond donors (Lipinski definition) is 0. The molecule has 0 aliphatic heterocycles. The Bertz CT molecular complexity index is 583. The fraction of sp³-hybridized carbons (Fsp3) is 0.630. The van der Waals surface area contributed by atoms with Crippen molar-refractivity contribution < 1.29 is 4.74 Å². The summed E-state index contributed by atoms with van der Waals surface area (Å²) < 4.78 is 5.66. The molecule has 0 saturated heterocycles. The van der Waals surface area contributed by atoms with Gasteiger partial charge in [0.25, 0.3) is 0 Å². The number of benzene rings is 1. The van der Waals surface area contributed by atoms with Crippen LogP contribution >= 0.6 is 0 Å². The van der Waals surface area contributed by atoms with E-state index in [0.717, 1.165) is 23.7 Å². The van der Waals surface area contributed by atoms with Gasteiger partial charge in [-0.05, 0) is 93.1 Å². The van der Waals surface area contributed by atoms with Crippen LogP contribution in [-0.2, 0) is 11.3 Å². The van der Waals surface area contributed by atoms with E-state index in [1.165, 1.54) is 69.8 Å². The van der Waals surface area contributed by atoms with Crippen molar-refractivity contribution in [1.29, 1.82) is 0 Å². The number of allylic oxidation sites excluding steroid dienone is 2. The zero-order valence-corrected chi connectivity index (χ0v) is 18.0. The summed E-state index contributed by atoms with van der Waals surface area (Å²) in [6, 6.07) is 9.21.